The molecular weight excluding hydrogens is 212 g/mol. The zero-order valence-electron chi connectivity index (χ0n) is 12.0. The maximum absolute atomic E-state index is 5.73. The van der Waals surface area contributed by atoms with Crippen LogP contribution in [0.2, 0.25) is 0 Å². The minimum Gasteiger partial charge on any atom is -0.378 e. The summed E-state index contributed by atoms with van der Waals surface area (Å²) in [4.78, 5) is 0. The van der Waals surface area contributed by atoms with E-state index in [9.17, 15) is 0 Å². The van der Waals surface area contributed by atoms with E-state index in [2.05, 4.69) is 33.0 Å². The molecule has 3 N–H and O–H groups in total. The van der Waals surface area contributed by atoms with Crippen LogP contribution in [0, 0.1) is 11.3 Å². The molecule has 17 heavy (non-hydrogen) atoms. The van der Waals surface area contributed by atoms with Gasteiger partial charge in [0.25, 0.3) is 0 Å². The molecule has 0 heterocycles. The molecule has 0 aromatic carbocycles. The lowest BCUT2D eigenvalue weighted by Crippen LogP contribution is -2.61. The van der Waals surface area contributed by atoms with Crippen LogP contribution in [0.25, 0.3) is 0 Å². The Bertz CT molecular complexity index is 218. The Labute approximate surface area is 106 Å². The van der Waals surface area contributed by atoms with Crippen LogP contribution in [0.5, 0.6) is 0 Å². The third-order valence-corrected chi connectivity index (χ3v) is 4.21. The summed E-state index contributed by atoms with van der Waals surface area (Å²) in [5, 5.41) is 3.66. The Hall–Kier alpha value is -0.120. The summed E-state index contributed by atoms with van der Waals surface area (Å²) in [6, 6.07) is 0.618. The monoisotopic (exact) mass is 242 g/mol. The predicted molar refractivity (Wildman–Crippen MR) is 73.1 cm³/mol. The van der Waals surface area contributed by atoms with Crippen molar-refractivity contribution < 1.29 is 4.74 Å². The number of ether oxygens (including phenoxy) is 1. The lowest BCUT2D eigenvalue weighted by Gasteiger charge is -2.52. The quantitative estimate of drug-likeness (QED) is 0.641. The van der Waals surface area contributed by atoms with E-state index in [1.807, 2.05) is 0 Å². The van der Waals surface area contributed by atoms with Gasteiger partial charge in [0.1, 0.15) is 0 Å². The van der Waals surface area contributed by atoms with Crippen LogP contribution in [0.3, 0.4) is 0 Å². The fourth-order valence-electron chi connectivity index (χ4n) is 2.56. The molecule has 0 radical (unpaired) electrons. The van der Waals surface area contributed by atoms with Gasteiger partial charge in [-0.3, -0.25) is 0 Å². The fraction of sp³-hybridized carbons (Fsp3) is 1.00. The van der Waals surface area contributed by atoms with Crippen LogP contribution >= 0.6 is 0 Å². The molecule has 0 bridgehead atoms. The maximum atomic E-state index is 5.73. The number of hydrogen-bond donors (Lipinski definition) is 2. The average Bonchev–Trinajstić information content (AvgIpc) is 2.31. The molecule has 0 aromatic heterocycles. The SMILES string of the molecule is CCOC1CC(NCCCC(C)CN)C1(C)C. The zero-order chi connectivity index (χ0) is 12.9. The Kier molecular flexibility index (Phi) is 5.90. The average molecular weight is 242 g/mol. The number of nitrogens with one attached hydrogen (secondary N) is 1. The summed E-state index contributed by atoms with van der Waals surface area (Å²) in [6.45, 7) is 11.6. The van der Waals surface area contributed by atoms with Crippen molar-refractivity contribution in [3.63, 3.8) is 0 Å². The number of nitrogens with two attached hydrogens (primary N) is 1. The van der Waals surface area contributed by atoms with Crippen LogP contribution in [0.15, 0.2) is 0 Å². The van der Waals surface area contributed by atoms with E-state index < -0.39 is 0 Å². The van der Waals surface area contributed by atoms with Crippen molar-refractivity contribution in [2.24, 2.45) is 17.1 Å². The zero-order valence-corrected chi connectivity index (χ0v) is 12.0. The number of rotatable bonds is 8. The van der Waals surface area contributed by atoms with Gasteiger partial charge in [-0.1, -0.05) is 20.8 Å². The van der Waals surface area contributed by atoms with Gasteiger partial charge >= 0.3 is 0 Å². The van der Waals surface area contributed by atoms with Crippen LogP contribution in [-0.2, 0) is 4.74 Å². The van der Waals surface area contributed by atoms with Crippen molar-refractivity contribution in [2.75, 3.05) is 19.7 Å². The van der Waals surface area contributed by atoms with Crippen LogP contribution < -0.4 is 11.1 Å². The van der Waals surface area contributed by atoms with Gasteiger partial charge in [0.05, 0.1) is 6.10 Å². The molecule has 1 aliphatic carbocycles. The summed E-state index contributed by atoms with van der Waals surface area (Å²) < 4.78 is 5.73. The Morgan fingerprint density at radius 2 is 2.18 bits per heavy atom. The predicted octanol–water partition coefficient (Wildman–Crippen LogP) is 2.15. The molecule has 1 fully saturated rings. The third-order valence-electron chi connectivity index (χ3n) is 4.21. The molecule has 0 aliphatic heterocycles. The fourth-order valence-corrected chi connectivity index (χ4v) is 2.56. The first-order valence-electron chi connectivity index (χ1n) is 7.07. The van der Waals surface area contributed by atoms with E-state index in [0.717, 1.165) is 26.1 Å². The first kappa shape index (κ1) is 14.9. The summed E-state index contributed by atoms with van der Waals surface area (Å²) in [5.74, 6) is 0.655. The minimum absolute atomic E-state index is 0.287. The highest BCUT2D eigenvalue weighted by Gasteiger charge is 2.48. The molecule has 0 spiro atoms. The van der Waals surface area contributed by atoms with Crippen molar-refractivity contribution in [2.45, 2.75) is 59.1 Å². The highest BCUT2D eigenvalue weighted by molar-refractivity contribution is 5.02. The summed E-state index contributed by atoms with van der Waals surface area (Å²) in [6.07, 6.45) is 4.05. The summed E-state index contributed by atoms with van der Waals surface area (Å²) in [5.41, 5.74) is 5.90. The third kappa shape index (κ3) is 3.94. The maximum Gasteiger partial charge on any atom is 0.0655 e. The lowest BCUT2D eigenvalue weighted by molar-refractivity contribution is -0.114. The van der Waals surface area contributed by atoms with Gasteiger partial charge in [0.15, 0.2) is 0 Å². The van der Waals surface area contributed by atoms with E-state index in [4.69, 9.17) is 10.5 Å². The largest absolute Gasteiger partial charge is 0.378 e. The van der Waals surface area contributed by atoms with Gasteiger partial charge in [-0.15, -0.1) is 0 Å². The highest BCUT2D eigenvalue weighted by Crippen LogP contribution is 2.42. The molecule has 0 aromatic rings. The van der Waals surface area contributed by atoms with Gasteiger partial charge in [-0.25, -0.2) is 0 Å². The summed E-state index contributed by atoms with van der Waals surface area (Å²) >= 11 is 0. The lowest BCUT2D eigenvalue weighted by atomic mass is 9.64. The summed E-state index contributed by atoms with van der Waals surface area (Å²) in [7, 11) is 0. The standard InChI is InChI=1S/C14H30N2O/c1-5-17-13-9-12(14(13,3)4)16-8-6-7-11(2)10-15/h11-13,16H,5-10,15H2,1-4H3. The van der Waals surface area contributed by atoms with Gasteiger partial charge in [-0.2, -0.15) is 0 Å². The molecule has 0 saturated heterocycles. The Balaban J connectivity index is 2.13. The first-order chi connectivity index (χ1) is 8.02. The molecule has 3 atom stereocenters. The van der Waals surface area contributed by atoms with Crippen molar-refractivity contribution in [1.29, 1.82) is 0 Å². The highest BCUT2D eigenvalue weighted by atomic mass is 16.5. The van der Waals surface area contributed by atoms with Crippen molar-refractivity contribution >= 4 is 0 Å². The van der Waals surface area contributed by atoms with Crippen LogP contribution in [0.4, 0.5) is 0 Å². The molecule has 3 heteroatoms. The van der Waals surface area contributed by atoms with Gasteiger partial charge in [0.2, 0.25) is 0 Å². The van der Waals surface area contributed by atoms with E-state index in [1.54, 1.807) is 0 Å². The second kappa shape index (κ2) is 6.72. The van der Waals surface area contributed by atoms with Crippen molar-refractivity contribution in [3.05, 3.63) is 0 Å². The first-order valence-corrected chi connectivity index (χ1v) is 7.07. The van der Waals surface area contributed by atoms with Crippen molar-refractivity contribution in [3.8, 4) is 0 Å². The van der Waals surface area contributed by atoms with Crippen LogP contribution in [0.1, 0.15) is 47.0 Å². The molecule has 0 amide bonds. The van der Waals surface area contributed by atoms with E-state index in [0.29, 0.717) is 18.1 Å². The second-order valence-corrected chi connectivity index (χ2v) is 5.99. The Morgan fingerprint density at radius 3 is 2.71 bits per heavy atom. The van der Waals surface area contributed by atoms with Gasteiger partial charge in [0, 0.05) is 18.1 Å². The molecule has 1 saturated carbocycles. The minimum atomic E-state index is 0.287. The van der Waals surface area contributed by atoms with E-state index in [1.165, 1.54) is 12.8 Å². The molecule has 1 rings (SSSR count). The smallest absolute Gasteiger partial charge is 0.0655 e. The molecule has 3 unspecified atom stereocenters. The topological polar surface area (TPSA) is 47.3 Å². The molecule has 1 aliphatic rings. The van der Waals surface area contributed by atoms with E-state index >= 15 is 0 Å². The second-order valence-electron chi connectivity index (χ2n) is 5.99. The normalized spacial score (nSPS) is 28.8. The van der Waals surface area contributed by atoms with Gasteiger partial charge < -0.3 is 15.8 Å². The molecule has 3 nitrogen and oxygen atoms in total. The number of hydrogen-bond acceptors (Lipinski definition) is 3. The molecular formula is C14H30N2O. The van der Waals surface area contributed by atoms with E-state index in [-0.39, 0.29) is 5.41 Å². The van der Waals surface area contributed by atoms with Crippen LogP contribution in [-0.4, -0.2) is 31.8 Å². The molecule has 102 valence electrons. The van der Waals surface area contributed by atoms with Gasteiger partial charge in [-0.05, 0) is 45.2 Å². The van der Waals surface area contributed by atoms with Crippen molar-refractivity contribution in [1.82, 2.24) is 5.32 Å². The Morgan fingerprint density at radius 1 is 1.47 bits per heavy atom.